The highest BCUT2D eigenvalue weighted by molar-refractivity contribution is 7.13. The lowest BCUT2D eigenvalue weighted by atomic mass is 10.1. The Morgan fingerprint density at radius 3 is 2.78 bits per heavy atom. The van der Waals surface area contributed by atoms with E-state index in [1.807, 2.05) is 0 Å². The van der Waals surface area contributed by atoms with Crippen molar-refractivity contribution in [1.82, 2.24) is 4.98 Å². The minimum absolute atomic E-state index is 0.194. The molecule has 0 radical (unpaired) electrons. The van der Waals surface area contributed by atoms with Gasteiger partial charge in [0.25, 0.3) is 0 Å². The van der Waals surface area contributed by atoms with E-state index in [2.05, 4.69) is 10.3 Å². The molecule has 0 aliphatic heterocycles. The number of nitrogens with zero attached hydrogens (tertiary/aromatic N) is 1. The van der Waals surface area contributed by atoms with Crippen molar-refractivity contribution < 1.29 is 9.90 Å². The Balaban J connectivity index is 1.93. The maximum atomic E-state index is 11.8. The number of amides is 1. The van der Waals surface area contributed by atoms with Gasteiger partial charge in [-0.2, -0.15) is 0 Å². The third-order valence-corrected chi connectivity index (χ3v) is 3.08. The van der Waals surface area contributed by atoms with Crippen molar-refractivity contribution in [2.24, 2.45) is 5.73 Å². The Bertz CT molecular complexity index is 511. The smallest absolute Gasteiger partial charge is 0.243 e. The van der Waals surface area contributed by atoms with Gasteiger partial charge in [0, 0.05) is 11.6 Å². The van der Waals surface area contributed by atoms with Crippen LogP contribution in [0.15, 0.2) is 35.8 Å². The van der Waals surface area contributed by atoms with Crippen LogP contribution < -0.4 is 11.1 Å². The van der Waals surface area contributed by atoms with Gasteiger partial charge in [-0.15, -0.1) is 11.3 Å². The van der Waals surface area contributed by atoms with E-state index in [0.717, 1.165) is 5.56 Å². The number of nitrogens with one attached hydrogen (secondary N) is 1. The lowest BCUT2D eigenvalue weighted by Gasteiger charge is -2.10. The summed E-state index contributed by atoms with van der Waals surface area (Å²) in [6.07, 6.45) is 2.03. The first-order valence-electron chi connectivity index (χ1n) is 5.39. The van der Waals surface area contributed by atoms with Crippen LogP contribution in [0.25, 0.3) is 0 Å². The zero-order chi connectivity index (χ0) is 13.0. The second-order valence-corrected chi connectivity index (χ2v) is 4.70. The van der Waals surface area contributed by atoms with Crippen LogP contribution in [0.5, 0.6) is 5.75 Å². The van der Waals surface area contributed by atoms with Crippen molar-refractivity contribution in [1.29, 1.82) is 0 Å². The van der Waals surface area contributed by atoms with Gasteiger partial charge in [0.2, 0.25) is 5.91 Å². The number of rotatable bonds is 4. The molecule has 1 amide bonds. The second kappa shape index (κ2) is 5.61. The van der Waals surface area contributed by atoms with E-state index in [1.165, 1.54) is 11.3 Å². The highest BCUT2D eigenvalue weighted by atomic mass is 32.1. The number of phenolic OH excluding ortho intramolecular Hbond substituents is 1. The summed E-state index contributed by atoms with van der Waals surface area (Å²) >= 11 is 1.35. The molecule has 1 heterocycles. The first kappa shape index (κ1) is 12.5. The molecule has 0 fully saturated rings. The van der Waals surface area contributed by atoms with Crippen LogP contribution in [0, 0.1) is 0 Å². The predicted molar refractivity (Wildman–Crippen MR) is 70.5 cm³/mol. The number of phenols is 1. The largest absolute Gasteiger partial charge is 0.508 e. The highest BCUT2D eigenvalue weighted by Gasteiger charge is 2.15. The summed E-state index contributed by atoms with van der Waals surface area (Å²) in [4.78, 5) is 15.7. The molecule has 1 atom stereocenters. The SMILES string of the molecule is N[C@H](Cc1ccc(O)cc1)C(=O)Nc1nccs1. The average molecular weight is 263 g/mol. The van der Waals surface area contributed by atoms with Gasteiger partial charge in [0.15, 0.2) is 5.13 Å². The molecule has 0 unspecified atom stereocenters. The zero-order valence-electron chi connectivity index (χ0n) is 9.54. The average Bonchev–Trinajstić information content (AvgIpc) is 2.85. The Labute approximate surface area is 108 Å². The summed E-state index contributed by atoms with van der Waals surface area (Å²) in [7, 11) is 0. The van der Waals surface area contributed by atoms with Gasteiger partial charge in [-0.3, -0.25) is 4.79 Å². The van der Waals surface area contributed by atoms with Crippen molar-refractivity contribution in [2.75, 3.05) is 5.32 Å². The van der Waals surface area contributed by atoms with E-state index >= 15 is 0 Å². The molecule has 2 rings (SSSR count). The summed E-state index contributed by atoms with van der Waals surface area (Å²) in [5, 5.41) is 14.1. The van der Waals surface area contributed by atoms with Crippen LogP contribution in [-0.4, -0.2) is 22.0 Å². The number of anilines is 1. The van der Waals surface area contributed by atoms with Gasteiger partial charge in [-0.25, -0.2) is 4.98 Å². The number of thiazole rings is 1. The number of benzene rings is 1. The molecule has 0 bridgehead atoms. The number of aromatic nitrogens is 1. The normalized spacial score (nSPS) is 12.1. The molecule has 2 aromatic rings. The number of carbonyl (C=O) groups excluding carboxylic acids is 1. The van der Waals surface area contributed by atoms with Crippen LogP contribution in [0.4, 0.5) is 5.13 Å². The summed E-state index contributed by atoms with van der Waals surface area (Å²) in [5.74, 6) is -0.0717. The lowest BCUT2D eigenvalue weighted by Crippen LogP contribution is -2.37. The number of carbonyl (C=O) groups is 1. The van der Waals surface area contributed by atoms with Gasteiger partial charge >= 0.3 is 0 Å². The van der Waals surface area contributed by atoms with Crippen LogP contribution >= 0.6 is 11.3 Å². The summed E-state index contributed by atoms with van der Waals surface area (Å²) in [6.45, 7) is 0. The molecule has 94 valence electrons. The standard InChI is InChI=1S/C12H13N3O2S/c13-10(7-8-1-3-9(16)4-2-8)11(17)15-12-14-5-6-18-12/h1-6,10,16H,7,13H2,(H,14,15,17)/t10-/m1/s1. The van der Waals surface area contributed by atoms with Gasteiger partial charge < -0.3 is 16.2 Å². The molecule has 0 saturated heterocycles. The van der Waals surface area contributed by atoms with Crippen LogP contribution in [0.3, 0.4) is 0 Å². The fourth-order valence-electron chi connectivity index (χ4n) is 1.46. The maximum Gasteiger partial charge on any atom is 0.243 e. The Morgan fingerprint density at radius 2 is 2.17 bits per heavy atom. The van der Waals surface area contributed by atoms with E-state index in [1.54, 1.807) is 35.8 Å². The number of aromatic hydroxyl groups is 1. The molecule has 0 spiro atoms. The summed E-state index contributed by atoms with van der Waals surface area (Å²) < 4.78 is 0. The van der Waals surface area contributed by atoms with Crippen LogP contribution in [0.1, 0.15) is 5.56 Å². The zero-order valence-corrected chi connectivity index (χ0v) is 10.4. The first-order valence-corrected chi connectivity index (χ1v) is 6.27. The molecule has 1 aromatic heterocycles. The Hall–Kier alpha value is -1.92. The van der Waals surface area contributed by atoms with Crippen molar-refractivity contribution >= 4 is 22.4 Å². The molecule has 0 aliphatic rings. The van der Waals surface area contributed by atoms with Crippen molar-refractivity contribution in [3.8, 4) is 5.75 Å². The topological polar surface area (TPSA) is 88.2 Å². The van der Waals surface area contributed by atoms with Crippen molar-refractivity contribution in [3.05, 3.63) is 41.4 Å². The van der Waals surface area contributed by atoms with E-state index in [9.17, 15) is 4.79 Å². The third kappa shape index (κ3) is 3.28. The fraction of sp³-hybridized carbons (Fsp3) is 0.167. The lowest BCUT2D eigenvalue weighted by molar-refractivity contribution is -0.117. The molecule has 18 heavy (non-hydrogen) atoms. The molecule has 0 saturated carbocycles. The highest BCUT2D eigenvalue weighted by Crippen LogP contribution is 2.13. The quantitative estimate of drug-likeness (QED) is 0.777. The molecule has 4 N–H and O–H groups in total. The van der Waals surface area contributed by atoms with Gasteiger partial charge in [-0.1, -0.05) is 12.1 Å². The first-order chi connectivity index (χ1) is 8.65. The number of nitrogens with two attached hydrogens (primary N) is 1. The van der Waals surface area contributed by atoms with E-state index < -0.39 is 6.04 Å². The predicted octanol–water partition coefficient (Wildman–Crippen LogP) is 1.36. The second-order valence-electron chi connectivity index (χ2n) is 3.80. The monoisotopic (exact) mass is 263 g/mol. The van der Waals surface area contributed by atoms with Gasteiger partial charge in [0.1, 0.15) is 5.75 Å². The van der Waals surface area contributed by atoms with E-state index in [-0.39, 0.29) is 11.7 Å². The molecular formula is C12H13N3O2S. The Morgan fingerprint density at radius 1 is 1.44 bits per heavy atom. The molecular weight excluding hydrogens is 250 g/mol. The summed E-state index contributed by atoms with van der Waals surface area (Å²) in [6, 6.07) is 5.98. The third-order valence-electron chi connectivity index (χ3n) is 2.39. The van der Waals surface area contributed by atoms with Crippen molar-refractivity contribution in [2.45, 2.75) is 12.5 Å². The van der Waals surface area contributed by atoms with Crippen LogP contribution in [0.2, 0.25) is 0 Å². The van der Waals surface area contributed by atoms with Gasteiger partial charge in [0.05, 0.1) is 6.04 Å². The number of hydrogen-bond donors (Lipinski definition) is 3. The molecule has 0 aliphatic carbocycles. The molecule has 1 aromatic carbocycles. The fourth-order valence-corrected chi connectivity index (χ4v) is 1.99. The van der Waals surface area contributed by atoms with Crippen molar-refractivity contribution in [3.63, 3.8) is 0 Å². The van der Waals surface area contributed by atoms with Gasteiger partial charge in [-0.05, 0) is 24.1 Å². The molecule has 5 nitrogen and oxygen atoms in total. The van der Waals surface area contributed by atoms with Crippen LogP contribution in [-0.2, 0) is 11.2 Å². The number of hydrogen-bond acceptors (Lipinski definition) is 5. The minimum atomic E-state index is -0.640. The minimum Gasteiger partial charge on any atom is -0.508 e. The van der Waals surface area contributed by atoms with E-state index in [0.29, 0.717) is 11.6 Å². The molecule has 6 heteroatoms. The summed E-state index contributed by atoms with van der Waals surface area (Å²) in [5.41, 5.74) is 6.70. The van der Waals surface area contributed by atoms with E-state index in [4.69, 9.17) is 10.8 Å². The Kier molecular flexibility index (Phi) is 3.91. The maximum absolute atomic E-state index is 11.8.